The zero-order chi connectivity index (χ0) is 7.72. The Kier molecular flexibility index (Phi) is 1.84. The molecule has 1 rings (SSSR count). The predicted molar refractivity (Wildman–Crippen MR) is 42.9 cm³/mol. The van der Waals surface area contributed by atoms with Crippen LogP contribution in [0.3, 0.4) is 0 Å². The molecule has 0 radical (unpaired) electrons. The van der Waals surface area contributed by atoms with Gasteiger partial charge in [0.2, 0.25) is 0 Å². The van der Waals surface area contributed by atoms with Gasteiger partial charge in [-0.05, 0) is 38.3 Å². The smallest absolute Gasteiger partial charge is 0.0957 e. The fraction of sp³-hybridized carbons (Fsp3) is 0.556. The van der Waals surface area contributed by atoms with E-state index >= 15 is 0 Å². The first-order chi connectivity index (χ1) is 4.63. The van der Waals surface area contributed by atoms with Gasteiger partial charge in [-0.25, -0.2) is 0 Å². The first-order valence-corrected chi connectivity index (χ1v) is 3.68. The van der Waals surface area contributed by atoms with Crippen LogP contribution in [0.2, 0.25) is 0 Å². The molecule has 0 aromatic rings. The van der Waals surface area contributed by atoms with Crippen molar-refractivity contribution in [3.63, 3.8) is 0 Å². The van der Waals surface area contributed by atoms with Gasteiger partial charge in [-0.1, -0.05) is 5.57 Å². The van der Waals surface area contributed by atoms with Gasteiger partial charge in [0, 0.05) is 6.42 Å². The van der Waals surface area contributed by atoms with Crippen molar-refractivity contribution in [1.29, 1.82) is 0 Å². The molecule has 56 valence electrons. The molecule has 0 amide bonds. The molecule has 1 heteroatoms. The van der Waals surface area contributed by atoms with Gasteiger partial charge in [0.25, 0.3) is 0 Å². The van der Waals surface area contributed by atoms with Crippen LogP contribution in [0.25, 0.3) is 0 Å². The summed E-state index contributed by atoms with van der Waals surface area (Å²) in [6.45, 7) is 6.18. The maximum absolute atomic E-state index is 9.31. The highest BCUT2D eigenvalue weighted by molar-refractivity contribution is 5.36. The van der Waals surface area contributed by atoms with Crippen LogP contribution in [-0.4, -0.2) is 5.11 Å². The van der Waals surface area contributed by atoms with Crippen LogP contribution >= 0.6 is 0 Å². The Morgan fingerprint density at radius 1 is 1.00 bits per heavy atom. The second-order valence-electron chi connectivity index (χ2n) is 2.98. The van der Waals surface area contributed by atoms with Gasteiger partial charge in [-0.15, -0.1) is 0 Å². The van der Waals surface area contributed by atoms with Gasteiger partial charge < -0.3 is 5.11 Å². The summed E-state index contributed by atoms with van der Waals surface area (Å²) in [7, 11) is 0. The van der Waals surface area contributed by atoms with Crippen molar-refractivity contribution in [2.45, 2.75) is 33.6 Å². The zero-order valence-corrected chi connectivity index (χ0v) is 6.86. The lowest BCUT2D eigenvalue weighted by molar-refractivity contribution is 0.378. The molecule has 0 atom stereocenters. The number of hydrogen-bond donors (Lipinski definition) is 1. The topological polar surface area (TPSA) is 20.2 Å². The highest BCUT2D eigenvalue weighted by atomic mass is 16.3. The molecule has 1 aliphatic carbocycles. The fourth-order valence-electron chi connectivity index (χ4n) is 1.22. The Bertz CT molecular complexity index is 185. The van der Waals surface area contributed by atoms with Crippen LogP contribution in [-0.2, 0) is 0 Å². The maximum Gasteiger partial charge on any atom is 0.0957 e. The molecule has 0 aromatic heterocycles. The number of aliphatic hydroxyl groups is 1. The standard InChI is InChI=1S/C9H14O/c1-6-4-5-9(10)8(3)7(6)2/h10H,4-5H2,1-3H3. The first-order valence-electron chi connectivity index (χ1n) is 3.68. The van der Waals surface area contributed by atoms with E-state index in [0.717, 1.165) is 18.4 Å². The van der Waals surface area contributed by atoms with Gasteiger partial charge >= 0.3 is 0 Å². The van der Waals surface area contributed by atoms with E-state index in [2.05, 4.69) is 13.8 Å². The molecule has 0 saturated heterocycles. The average molecular weight is 138 g/mol. The van der Waals surface area contributed by atoms with E-state index in [1.54, 1.807) is 0 Å². The summed E-state index contributed by atoms with van der Waals surface area (Å²) >= 11 is 0. The van der Waals surface area contributed by atoms with Crippen molar-refractivity contribution in [3.05, 3.63) is 22.5 Å². The molecule has 0 saturated carbocycles. The van der Waals surface area contributed by atoms with Crippen molar-refractivity contribution < 1.29 is 5.11 Å². The zero-order valence-electron chi connectivity index (χ0n) is 6.86. The second-order valence-corrected chi connectivity index (χ2v) is 2.98. The van der Waals surface area contributed by atoms with E-state index in [4.69, 9.17) is 0 Å². The summed E-state index contributed by atoms with van der Waals surface area (Å²) in [4.78, 5) is 0. The van der Waals surface area contributed by atoms with Crippen LogP contribution in [0.5, 0.6) is 0 Å². The lowest BCUT2D eigenvalue weighted by Gasteiger charge is -2.16. The molecule has 10 heavy (non-hydrogen) atoms. The molecule has 1 nitrogen and oxygen atoms in total. The maximum atomic E-state index is 9.31. The Labute approximate surface area is 62.1 Å². The van der Waals surface area contributed by atoms with E-state index in [1.807, 2.05) is 6.92 Å². The van der Waals surface area contributed by atoms with Crippen LogP contribution in [0.1, 0.15) is 33.6 Å². The Hall–Kier alpha value is -0.720. The van der Waals surface area contributed by atoms with Crippen LogP contribution in [0.15, 0.2) is 22.5 Å². The molecule has 1 N–H and O–H groups in total. The Morgan fingerprint density at radius 2 is 1.60 bits per heavy atom. The minimum Gasteiger partial charge on any atom is -0.512 e. The van der Waals surface area contributed by atoms with Crippen molar-refractivity contribution >= 4 is 0 Å². The van der Waals surface area contributed by atoms with Crippen molar-refractivity contribution in [2.24, 2.45) is 0 Å². The molecule has 0 aliphatic heterocycles. The number of rotatable bonds is 0. The molecule has 0 aromatic carbocycles. The Balaban J connectivity index is 3.01. The third-order valence-electron chi connectivity index (χ3n) is 2.37. The minimum absolute atomic E-state index is 0.572. The SMILES string of the molecule is CC1=C(C)C(C)=C(O)CC1. The summed E-state index contributed by atoms with van der Waals surface area (Å²) in [6.07, 6.45) is 1.85. The molecule has 0 spiro atoms. The quantitative estimate of drug-likeness (QED) is 0.545. The lowest BCUT2D eigenvalue weighted by atomic mass is 9.93. The molecule has 1 aliphatic rings. The normalized spacial score (nSPS) is 20.3. The summed E-state index contributed by atoms with van der Waals surface area (Å²) in [5.74, 6) is 0.572. The lowest BCUT2D eigenvalue weighted by Crippen LogP contribution is -1.99. The van der Waals surface area contributed by atoms with Gasteiger partial charge in [0.15, 0.2) is 0 Å². The van der Waals surface area contributed by atoms with E-state index in [9.17, 15) is 5.11 Å². The third kappa shape index (κ3) is 1.08. The minimum atomic E-state index is 0.572. The van der Waals surface area contributed by atoms with Crippen LogP contribution in [0.4, 0.5) is 0 Å². The van der Waals surface area contributed by atoms with Gasteiger partial charge in [0.1, 0.15) is 0 Å². The van der Waals surface area contributed by atoms with Crippen molar-refractivity contribution in [3.8, 4) is 0 Å². The van der Waals surface area contributed by atoms with Crippen LogP contribution in [0, 0.1) is 0 Å². The highest BCUT2D eigenvalue weighted by Gasteiger charge is 2.11. The summed E-state index contributed by atoms with van der Waals surface area (Å²) in [5, 5.41) is 9.31. The fourth-order valence-corrected chi connectivity index (χ4v) is 1.22. The van der Waals surface area contributed by atoms with Crippen molar-refractivity contribution in [2.75, 3.05) is 0 Å². The molecule has 0 unspecified atom stereocenters. The van der Waals surface area contributed by atoms with E-state index in [0.29, 0.717) is 5.76 Å². The van der Waals surface area contributed by atoms with Gasteiger partial charge in [-0.3, -0.25) is 0 Å². The molecule has 0 bridgehead atoms. The molecular weight excluding hydrogens is 124 g/mol. The van der Waals surface area contributed by atoms with Crippen molar-refractivity contribution in [1.82, 2.24) is 0 Å². The number of hydrogen-bond acceptors (Lipinski definition) is 1. The molecule has 0 heterocycles. The summed E-state index contributed by atoms with van der Waals surface area (Å²) in [6, 6.07) is 0. The Morgan fingerprint density at radius 3 is 2.10 bits per heavy atom. The molecule has 0 fully saturated rings. The molecular formula is C9H14O. The van der Waals surface area contributed by atoms with Gasteiger partial charge in [-0.2, -0.15) is 0 Å². The largest absolute Gasteiger partial charge is 0.512 e. The summed E-state index contributed by atoms with van der Waals surface area (Å²) in [5.41, 5.74) is 3.75. The predicted octanol–water partition coefficient (Wildman–Crippen LogP) is 2.95. The number of allylic oxidation sites excluding steroid dienone is 4. The number of aliphatic hydroxyl groups excluding tert-OH is 1. The highest BCUT2D eigenvalue weighted by Crippen LogP contribution is 2.27. The monoisotopic (exact) mass is 138 g/mol. The average Bonchev–Trinajstić information content (AvgIpc) is 1.93. The van der Waals surface area contributed by atoms with E-state index in [1.165, 1.54) is 11.1 Å². The first kappa shape index (κ1) is 7.39. The second kappa shape index (κ2) is 2.49. The van der Waals surface area contributed by atoms with Gasteiger partial charge in [0.05, 0.1) is 5.76 Å². The summed E-state index contributed by atoms with van der Waals surface area (Å²) < 4.78 is 0. The van der Waals surface area contributed by atoms with E-state index < -0.39 is 0 Å². The van der Waals surface area contributed by atoms with E-state index in [-0.39, 0.29) is 0 Å². The third-order valence-corrected chi connectivity index (χ3v) is 2.37. The van der Waals surface area contributed by atoms with Crippen LogP contribution < -0.4 is 0 Å².